The van der Waals surface area contributed by atoms with Crippen LogP contribution in [0.15, 0.2) is 41.6 Å². The maximum atomic E-state index is 4.48. The van der Waals surface area contributed by atoms with Crippen LogP contribution < -0.4 is 0 Å². The molecule has 1 aliphatic rings. The minimum Gasteiger partial charge on any atom is -0.262 e. The molecule has 0 spiro atoms. The lowest BCUT2D eigenvalue weighted by atomic mass is 10.2. The highest BCUT2D eigenvalue weighted by molar-refractivity contribution is 7.99. The number of nitrogens with zero attached hydrogens (tertiary/aromatic N) is 2. The topological polar surface area (TPSA) is 41.6 Å². The molecule has 3 rings (SSSR count). The molecule has 1 fully saturated rings. The van der Waals surface area contributed by atoms with Gasteiger partial charge < -0.3 is 0 Å². The zero-order valence-electron chi connectivity index (χ0n) is 10.0. The van der Waals surface area contributed by atoms with Crippen molar-refractivity contribution in [2.45, 2.75) is 23.9 Å². The van der Waals surface area contributed by atoms with Crippen molar-refractivity contribution in [3.8, 4) is 0 Å². The van der Waals surface area contributed by atoms with E-state index in [2.05, 4.69) is 39.5 Å². The second-order valence-corrected chi connectivity index (χ2v) is 5.39. The molecule has 2 aromatic rings. The molecular formula is C14H15N3S. The molecule has 1 aromatic carbocycles. The molecule has 0 aliphatic heterocycles. The summed E-state index contributed by atoms with van der Waals surface area (Å²) in [4.78, 5) is 4.48. The van der Waals surface area contributed by atoms with Crippen LogP contribution in [0.1, 0.15) is 30.1 Å². The zero-order valence-corrected chi connectivity index (χ0v) is 10.9. The second-order valence-electron chi connectivity index (χ2n) is 4.40. The number of benzene rings is 1. The predicted molar refractivity (Wildman–Crippen MR) is 74.6 cm³/mol. The first-order valence-electron chi connectivity index (χ1n) is 6.18. The van der Waals surface area contributed by atoms with Gasteiger partial charge in [0.25, 0.3) is 0 Å². The molecule has 1 aromatic heterocycles. The van der Waals surface area contributed by atoms with E-state index in [1.54, 1.807) is 11.8 Å². The normalized spacial score (nSPS) is 15.3. The molecule has 0 saturated heterocycles. The van der Waals surface area contributed by atoms with E-state index in [4.69, 9.17) is 0 Å². The molecule has 0 amide bonds. The summed E-state index contributed by atoms with van der Waals surface area (Å²) in [5.41, 5.74) is 1.23. The van der Waals surface area contributed by atoms with Crippen LogP contribution in [0, 0.1) is 0 Å². The van der Waals surface area contributed by atoms with Crippen LogP contribution in [-0.4, -0.2) is 20.9 Å². The quantitative estimate of drug-likeness (QED) is 0.834. The molecular weight excluding hydrogens is 242 g/mol. The highest BCUT2D eigenvalue weighted by atomic mass is 32.2. The summed E-state index contributed by atoms with van der Waals surface area (Å²) in [5, 5.41) is 8.09. The van der Waals surface area contributed by atoms with E-state index in [-0.39, 0.29) is 0 Å². The van der Waals surface area contributed by atoms with E-state index in [1.165, 1.54) is 18.4 Å². The predicted octanol–water partition coefficient (Wildman–Crippen LogP) is 3.49. The summed E-state index contributed by atoms with van der Waals surface area (Å²) in [6.45, 7) is 0. The van der Waals surface area contributed by atoms with Crippen LogP contribution in [0.2, 0.25) is 0 Å². The number of hydrogen-bond donors (Lipinski definition) is 1. The third kappa shape index (κ3) is 3.01. The molecule has 3 nitrogen and oxygen atoms in total. The summed E-state index contributed by atoms with van der Waals surface area (Å²) in [7, 11) is 0. The third-order valence-electron chi connectivity index (χ3n) is 2.86. The fraction of sp³-hybridized carbons (Fsp3) is 0.286. The van der Waals surface area contributed by atoms with Gasteiger partial charge in [-0.2, -0.15) is 0 Å². The number of aromatic nitrogens is 3. The Morgan fingerprint density at radius 1 is 1.28 bits per heavy atom. The lowest BCUT2D eigenvalue weighted by molar-refractivity contribution is 0.932. The maximum absolute atomic E-state index is 4.48. The zero-order chi connectivity index (χ0) is 12.2. The van der Waals surface area contributed by atoms with Gasteiger partial charge in [-0.25, -0.2) is 4.98 Å². The van der Waals surface area contributed by atoms with Gasteiger partial charge in [-0.15, -0.1) is 5.10 Å². The van der Waals surface area contributed by atoms with Crippen molar-refractivity contribution in [3.63, 3.8) is 0 Å². The lowest BCUT2D eigenvalue weighted by Crippen LogP contribution is -1.81. The summed E-state index contributed by atoms with van der Waals surface area (Å²) in [6.07, 6.45) is 6.79. The smallest absolute Gasteiger partial charge is 0.208 e. The van der Waals surface area contributed by atoms with Crippen LogP contribution in [-0.2, 0) is 0 Å². The number of rotatable bonds is 5. The van der Waals surface area contributed by atoms with Gasteiger partial charge in [0, 0.05) is 11.7 Å². The van der Waals surface area contributed by atoms with E-state index in [1.807, 2.05) is 18.2 Å². The van der Waals surface area contributed by atoms with Crippen molar-refractivity contribution in [1.29, 1.82) is 0 Å². The van der Waals surface area contributed by atoms with Crippen LogP contribution in [0.5, 0.6) is 0 Å². The minimum absolute atomic E-state index is 0.645. The molecule has 92 valence electrons. The van der Waals surface area contributed by atoms with Gasteiger partial charge in [-0.3, -0.25) is 5.10 Å². The van der Waals surface area contributed by atoms with Crippen molar-refractivity contribution < 1.29 is 0 Å². The largest absolute Gasteiger partial charge is 0.262 e. The average molecular weight is 257 g/mol. The Balaban J connectivity index is 1.50. The molecule has 0 atom stereocenters. The SMILES string of the molecule is C(=C\c1ccccc1)/CSc1n[nH]c(C2CC2)n1. The van der Waals surface area contributed by atoms with Gasteiger partial charge in [0.2, 0.25) is 5.16 Å². The van der Waals surface area contributed by atoms with Crippen LogP contribution >= 0.6 is 11.8 Å². The van der Waals surface area contributed by atoms with Gasteiger partial charge in [0.1, 0.15) is 5.82 Å². The fourth-order valence-electron chi connectivity index (χ4n) is 1.73. The molecule has 0 unspecified atom stereocenters. The number of thioether (sulfide) groups is 1. The van der Waals surface area contributed by atoms with Gasteiger partial charge in [-0.1, -0.05) is 54.2 Å². The molecule has 1 aliphatic carbocycles. The first-order valence-corrected chi connectivity index (χ1v) is 7.17. The third-order valence-corrected chi connectivity index (χ3v) is 3.66. The summed E-state index contributed by atoms with van der Waals surface area (Å²) >= 11 is 1.67. The Bertz CT molecular complexity index is 529. The average Bonchev–Trinajstić information content (AvgIpc) is 3.16. The van der Waals surface area contributed by atoms with E-state index in [0.717, 1.165) is 16.7 Å². The van der Waals surface area contributed by atoms with Crippen molar-refractivity contribution >= 4 is 17.8 Å². The first-order chi connectivity index (χ1) is 8.92. The molecule has 1 heterocycles. The summed E-state index contributed by atoms with van der Waals surface area (Å²) in [5.74, 6) is 2.60. The minimum atomic E-state index is 0.645. The van der Waals surface area contributed by atoms with Crippen LogP contribution in [0.3, 0.4) is 0 Å². The highest BCUT2D eigenvalue weighted by Crippen LogP contribution is 2.38. The van der Waals surface area contributed by atoms with Gasteiger partial charge >= 0.3 is 0 Å². The van der Waals surface area contributed by atoms with Crippen molar-refractivity contribution in [3.05, 3.63) is 47.8 Å². The summed E-state index contributed by atoms with van der Waals surface area (Å²) in [6, 6.07) is 10.3. The van der Waals surface area contributed by atoms with Gasteiger partial charge in [0.15, 0.2) is 0 Å². The molecule has 1 saturated carbocycles. The number of aromatic amines is 1. The molecule has 1 N–H and O–H groups in total. The van der Waals surface area contributed by atoms with Crippen molar-refractivity contribution in [1.82, 2.24) is 15.2 Å². The Kier molecular flexibility index (Phi) is 3.46. The fourth-order valence-corrected chi connectivity index (χ4v) is 2.35. The maximum Gasteiger partial charge on any atom is 0.208 e. The first kappa shape index (κ1) is 11.5. The van der Waals surface area contributed by atoms with Crippen molar-refractivity contribution in [2.75, 3.05) is 5.75 Å². The lowest BCUT2D eigenvalue weighted by Gasteiger charge is -1.91. The van der Waals surface area contributed by atoms with E-state index in [0.29, 0.717) is 5.92 Å². The monoisotopic (exact) mass is 257 g/mol. The van der Waals surface area contributed by atoms with E-state index in [9.17, 15) is 0 Å². The standard InChI is InChI=1S/C14H15N3S/c1-2-5-11(6-3-1)7-4-10-18-14-15-13(16-17-14)12-8-9-12/h1-7,12H,8-10H2,(H,15,16,17)/b7-4+. The molecule has 18 heavy (non-hydrogen) atoms. The number of nitrogens with one attached hydrogen (secondary N) is 1. The Morgan fingerprint density at radius 2 is 2.11 bits per heavy atom. The van der Waals surface area contributed by atoms with Crippen molar-refractivity contribution in [2.24, 2.45) is 0 Å². The van der Waals surface area contributed by atoms with Gasteiger partial charge in [0.05, 0.1) is 0 Å². The molecule has 4 heteroatoms. The van der Waals surface area contributed by atoms with Gasteiger partial charge in [-0.05, 0) is 18.4 Å². The Labute approximate surface area is 111 Å². The summed E-state index contributed by atoms with van der Waals surface area (Å²) < 4.78 is 0. The Morgan fingerprint density at radius 3 is 2.89 bits per heavy atom. The Hall–Kier alpha value is -1.55. The second kappa shape index (κ2) is 5.40. The van der Waals surface area contributed by atoms with Crippen LogP contribution in [0.4, 0.5) is 0 Å². The van der Waals surface area contributed by atoms with Crippen LogP contribution in [0.25, 0.3) is 6.08 Å². The van der Waals surface area contributed by atoms with E-state index < -0.39 is 0 Å². The number of H-pyrrole nitrogens is 1. The molecule has 0 bridgehead atoms. The number of hydrogen-bond acceptors (Lipinski definition) is 3. The highest BCUT2D eigenvalue weighted by Gasteiger charge is 2.26. The van der Waals surface area contributed by atoms with E-state index >= 15 is 0 Å². The molecule has 0 radical (unpaired) electrons.